The number of aromatic amines is 1. The van der Waals surface area contributed by atoms with Crippen LogP contribution in [0.15, 0.2) is 60.8 Å². The van der Waals surface area contributed by atoms with E-state index in [1.165, 1.54) is 0 Å². The number of aromatic nitrogens is 3. The molecule has 0 saturated carbocycles. The Labute approximate surface area is 192 Å². The molecule has 0 radical (unpaired) electrons. The molecule has 0 spiro atoms. The summed E-state index contributed by atoms with van der Waals surface area (Å²) in [5, 5.41) is 4.50. The highest BCUT2D eigenvalue weighted by Crippen LogP contribution is 2.33. The summed E-state index contributed by atoms with van der Waals surface area (Å²) in [5.74, 6) is 7.38. The highest BCUT2D eigenvalue weighted by molar-refractivity contribution is 5.98. The number of fused-ring (bicyclic) bond motifs is 1. The molecule has 3 N–H and O–H groups in total. The first-order chi connectivity index (χ1) is 16.1. The number of likely N-dealkylation sites (tertiary alicyclic amines) is 1. The molecule has 1 saturated heterocycles. The third kappa shape index (κ3) is 4.09. The minimum Gasteiger partial charge on any atom is -0.457 e. The predicted octanol–water partition coefficient (Wildman–Crippen LogP) is 4.03. The highest BCUT2D eigenvalue weighted by Gasteiger charge is 2.29. The van der Waals surface area contributed by atoms with Crippen LogP contribution in [0, 0.1) is 11.8 Å². The SMILES string of the molecule is CC#CCN1CCC(c2cnn3c(C(N)=O)c(-c4ccc(Oc5ccccc5)cc4)[nH]c23)C1. The second-order valence-corrected chi connectivity index (χ2v) is 8.16. The molecule has 5 rings (SSSR count). The van der Waals surface area contributed by atoms with Crippen LogP contribution in [0.5, 0.6) is 11.5 Å². The number of primary amides is 1. The molecule has 1 amide bonds. The molecule has 1 aliphatic rings. The zero-order valence-electron chi connectivity index (χ0n) is 18.4. The number of para-hydroxylation sites is 1. The number of amides is 1. The van der Waals surface area contributed by atoms with Crippen molar-refractivity contribution in [1.82, 2.24) is 19.5 Å². The number of ether oxygens (including phenoxy) is 1. The lowest BCUT2D eigenvalue weighted by Crippen LogP contribution is -2.20. The van der Waals surface area contributed by atoms with E-state index >= 15 is 0 Å². The van der Waals surface area contributed by atoms with Crippen LogP contribution in [-0.2, 0) is 0 Å². The van der Waals surface area contributed by atoms with E-state index in [0.29, 0.717) is 23.1 Å². The van der Waals surface area contributed by atoms with Crippen LogP contribution in [0.2, 0.25) is 0 Å². The molecule has 3 heterocycles. The molecule has 7 heteroatoms. The Morgan fingerprint density at radius 3 is 2.67 bits per heavy atom. The molecule has 33 heavy (non-hydrogen) atoms. The lowest BCUT2D eigenvalue weighted by molar-refractivity contribution is 0.0994. The molecule has 2 aromatic carbocycles. The van der Waals surface area contributed by atoms with E-state index in [9.17, 15) is 4.79 Å². The summed E-state index contributed by atoms with van der Waals surface area (Å²) in [4.78, 5) is 18.1. The lowest BCUT2D eigenvalue weighted by atomic mass is 10.0. The number of nitrogens with zero attached hydrogens (tertiary/aromatic N) is 3. The van der Waals surface area contributed by atoms with E-state index < -0.39 is 5.91 Å². The second kappa shape index (κ2) is 8.85. The summed E-state index contributed by atoms with van der Waals surface area (Å²) >= 11 is 0. The van der Waals surface area contributed by atoms with E-state index in [-0.39, 0.29) is 0 Å². The monoisotopic (exact) mass is 439 g/mol. The number of hydrogen-bond donors (Lipinski definition) is 2. The molecule has 1 atom stereocenters. The van der Waals surface area contributed by atoms with Gasteiger partial charge < -0.3 is 15.5 Å². The van der Waals surface area contributed by atoms with Crippen LogP contribution < -0.4 is 10.5 Å². The Kier molecular flexibility index (Phi) is 5.59. The molecule has 166 valence electrons. The molecule has 4 aromatic rings. The van der Waals surface area contributed by atoms with Crippen molar-refractivity contribution in [2.24, 2.45) is 5.73 Å². The summed E-state index contributed by atoms with van der Waals surface area (Å²) in [5.41, 5.74) is 9.52. The normalized spacial score (nSPS) is 16.0. The van der Waals surface area contributed by atoms with Gasteiger partial charge >= 0.3 is 0 Å². The van der Waals surface area contributed by atoms with Crippen LogP contribution in [0.3, 0.4) is 0 Å². The van der Waals surface area contributed by atoms with Gasteiger partial charge in [-0.05, 0) is 56.3 Å². The Morgan fingerprint density at radius 1 is 1.18 bits per heavy atom. The number of rotatable bonds is 6. The smallest absolute Gasteiger partial charge is 0.269 e. The van der Waals surface area contributed by atoms with Gasteiger partial charge in [-0.25, -0.2) is 4.52 Å². The van der Waals surface area contributed by atoms with Gasteiger partial charge in [-0.3, -0.25) is 9.69 Å². The third-order valence-electron chi connectivity index (χ3n) is 6.04. The van der Waals surface area contributed by atoms with Gasteiger partial charge in [0.25, 0.3) is 5.91 Å². The van der Waals surface area contributed by atoms with Gasteiger partial charge in [0.05, 0.1) is 18.4 Å². The van der Waals surface area contributed by atoms with Crippen LogP contribution in [-0.4, -0.2) is 45.0 Å². The number of benzene rings is 2. The lowest BCUT2D eigenvalue weighted by Gasteiger charge is -2.11. The fraction of sp³-hybridized carbons (Fsp3) is 0.231. The van der Waals surface area contributed by atoms with Crippen molar-refractivity contribution in [3.8, 4) is 34.6 Å². The average molecular weight is 440 g/mol. The maximum Gasteiger partial charge on any atom is 0.269 e. The number of nitrogens with one attached hydrogen (secondary N) is 1. The zero-order valence-corrected chi connectivity index (χ0v) is 18.4. The molecule has 2 aromatic heterocycles. The summed E-state index contributed by atoms with van der Waals surface area (Å²) in [6.45, 7) is 4.55. The summed E-state index contributed by atoms with van der Waals surface area (Å²) in [6.07, 6.45) is 2.87. The average Bonchev–Trinajstić information content (AvgIpc) is 3.54. The van der Waals surface area contributed by atoms with Crippen molar-refractivity contribution >= 4 is 11.6 Å². The molecule has 1 aliphatic heterocycles. The van der Waals surface area contributed by atoms with Gasteiger partial charge in [0.1, 0.15) is 17.1 Å². The van der Waals surface area contributed by atoms with Gasteiger partial charge in [0.2, 0.25) is 0 Å². The van der Waals surface area contributed by atoms with E-state index in [4.69, 9.17) is 10.5 Å². The number of imidazole rings is 1. The minimum absolute atomic E-state index is 0.329. The number of hydrogen-bond acceptors (Lipinski definition) is 4. The second-order valence-electron chi connectivity index (χ2n) is 8.16. The summed E-state index contributed by atoms with van der Waals surface area (Å²) in [7, 11) is 0. The molecule has 0 aliphatic carbocycles. The summed E-state index contributed by atoms with van der Waals surface area (Å²) in [6, 6.07) is 17.2. The highest BCUT2D eigenvalue weighted by atomic mass is 16.5. The van der Waals surface area contributed by atoms with E-state index in [0.717, 1.165) is 48.6 Å². The van der Waals surface area contributed by atoms with Crippen LogP contribution in [0.4, 0.5) is 0 Å². The first-order valence-corrected chi connectivity index (χ1v) is 11.0. The Balaban J connectivity index is 1.45. The topological polar surface area (TPSA) is 88.7 Å². The van der Waals surface area contributed by atoms with Gasteiger partial charge in [-0.1, -0.05) is 24.1 Å². The van der Waals surface area contributed by atoms with Crippen molar-refractivity contribution < 1.29 is 9.53 Å². The van der Waals surface area contributed by atoms with E-state index in [2.05, 4.69) is 26.8 Å². The first-order valence-electron chi connectivity index (χ1n) is 11.0. The molecule has 1 fully saturated rings. The predicted molar refractivity (Wildman–Crippen MR) is 127 cm³/mol. The molecule has 7 nitrogen and oxygen atoms in total. The van der Waals surface area contributed by atoms with Crippen LogP contribution >= 0.6 is 0 Å². The van der Waals surface area contributed by atoms with Crippen molar-refractivity contribution in [3.63, 3.8) is 0 Å². The van der Waals surface area contributed by atoms with Gasteiger partial charge in [0, 0.05) is 23.6 Å². The van der Waals surface area contributed by atoms with Gasteiger partial charge in [0.15, 0.2) is 5.69 Å². The Bertz CT molecular complexity index is 1340. The number of nitrogens with two attached hydrogens (primary N) is 1. The minimum atomic E-state index is -0.526. The maximum absolute atomic E-state index is 12.4. The van der Waals surface area contributed by atoms with Crippen molar-refractivity contribution in [2.45, 2.75) is 19.3 Å². The van der Waals surface area contributed by atoms with Gasteiger partial charge in [-0.15, -0.1) is 5.92 Å². The maximum atomic E-state index is 12.4. The zero-order chi connectivity index (χ0) is 22.8. The molecular formula is C26H25N5O2. The number of H-pyrrole nitrogens is 1. The van der Waals surface area contributed by atoms with Crippen molar-refractivity contribution in [2.75, 3.05) is 19.6 Å². The van der Waals surface area contributed by atoms with E-state index in [1.807, 2.05) is 67.7 Å². The third-order valence-corrected chi connectivity index (χ3v) is 6.04. The Hall–Kier alpha value is -4.02. The molecular weight excluding hydrogens is 414 g/mol. The van der Waals surface area contributed by atoms with Crippen LogP contribution in [0.25, 0.3) is 16.9 Å². The van der Waals surface area contributed by atoms with E-state index in [1.54, 1.807) is 4.52 Å². The quantitative estimate of drug-likeness (QED) is 0.444. The number of carbonyl (C=O) groups is 1. The molecule has 0 bridgehead atoms. The van der Waals surface area contributed by atoms with Crippen molar-refractivity contribution in [3.05, 3.63) is 72.1 Å². The fourth-order valence-corrected chi connectivity index (χ4v) is 4.41. The van der Waals surface area contributed by atoms with Crippen LogP contribution in [0.1, 0.15) is 35.3 Å². The number of carbonyl (C=O) groups excluding carboxylic acids is 1. The summed E-state index contributed by atoms with van der Waals surface area (Å²) < 4.78 is 7.52. The molecule has 1 unspecified atom stereocenters. The van der Waals surface area contributed by atoms with Gasteiger partial charge in [-0.2, -0.15) is 5.10 Å². The van der Waals surface area contributed by atoms with Crippen molar-refractivity contribution in [1.29, 1.82) is 0 Å². The Morgan fingerprint density at radius 2 is 1.94 bits per heavy atom. The standard InChI is InChI=1S/C26H25N5O2/c1-2-3-14-30-15-13-19(17-30)22-16-28-31-24(25(27)32)23(29-26(22)31)18-9-11-21(12-10-18)33-20-7-5-4-6-8-20/h4-12,16,19,29H,13-15,17H2,1H3,(H2,27,32). The first kappa shape index (κ1) is 20.9. The largest absolute Gasteiger partial charge is 0.457 e. The fourth-order valence-electron chi connectivity index (χ4n) is 4.41.